The van der Waals surface area contributed by atoms with Gasteiger partial charge in [0.1, 0.15) is 17.9 Å². The van der Waals surface area contributed by atoms with Gasteiger partial charge in [0.2, 0.25) is 5.91 Å². The topological polar surface area (TPSA) is 97.0 Å². The SMILES string of the molecule is O=C(CC1C(=O)NCCN1C(=S)NC(=O)c1ccccc1OCCc1ccccc1)OC1CCCCC1. The van der Waals surface area contributed by atoms with Crippen LogP contribution < -0.4 is 15.4 Å². The first-order valence-corrected chi connectivity index (χ1v) is 13.3. The van der Waals surface area contributed by atoms with Gasteiger partial charge in [-0.25, -0.2) is 0 Å². The Hall–Kier alpha value is -3.46. The molecule has 0 bridgehead atoms. The molecule has 0 aromatic heterocycles. The molecule has 2 amide bonds. The van der Waals surface area contributed by atoms with Gasteiger partial charge in [0.05, 0.1) is 18.6 Å². The number of ether oxygens (including phenoxy) is 2. The molecule has 196 valence electrons. The third-order valence-electron chi connectivity index (χ3n) is 6.65. The highest BCUT2D eigenvalue weighted by Gasteiger charge is 2.35. The lowest BCUT2D eigenvalue weighted by atomic mass is 9.98. The molecule has 0 radical (unpaired) electrons. The van der Waals surface area contributed by atoms with Crippen LogP contribution in [-0.4, -0.2) is 59.6 Å². The molecule has 8 nitrogen and oxygen atoms in total. The molecule has 0 spiro atoms. The highest BCUT2D eigenvalue weighted by molar-refractivity contribution is 7.80. The van der Waals surface area contributed by atoms with E-state index in [2.05, 4.69) is 10.6 Å². The predicted octanol–water partition coefficient (Wildman–Crippen LogP) is 3.39. The van der Waals surface area contributed by atoms with Crippen LogP contribution >= 0.6 is 12.2 Å². The summed E-state index contributed by atoms with van der Waals surface area (Å²) < 4.78 is 11.5. The van der Waals surface area contributed by atoms with Gasteiger partial charge in [0.15, 0.2) is 5.11 Å². The molecule has 1 aliphatic heterocycles. The molecule has 1 aliphatic carbocycles. The summed E-state index contributed by atoms with van der Waals surface area (Å²) in [6.07, 6.45) is 5.44. The Kier molecular flexibility index (Phi) is 9.48. The van der Waals surface area contributed by atoms with Crippen LogP contribution in [0.3, 0.4) is 0 Å². The van der Waals surface area contributed by atoms with E-state index in [9.17, 15) is 14.4 Å². The summed E-state index contributed by atoms with van der Waals surface area (Å²) in [5.41, 5.74) is 1.48. The lowest BCUT2D eigenvalue weighted by Crippen LogP contribution is -2.60. The number of hydrogen-bond acceptors (Lipinski definition) is 6. The van der Waals surface area contributed by atoms with Crippen molar-refractivity contribution in [1.82, 2.24) is 15.5 Å². The molecule has 2 N–H and O–H groups in total. The Morgan fingerprint density at radius 1 is 1.03 bits per heavy atom. The number of amides is 2. The summed E-state index contributed by atoms with van der Waals surface area (Å²) >= 11 is 5.51. The quantitative estimate of drug-likeness (QED) is 0.404. The maximum absolute atomic E-state index is 13.1. The number of piperazine rings is 1. The highest BCUT2D eigenvalue weighted by atomic mass is 32.1. The lowest BCUT2D eigenvalue weighted by Gasteiger charge is -2.36. The molecule has 9 heteroatoms. The maximum Gasteiger partial charge on any atom is 0.308 e. The van der Waals surface area contributed by atoms with Crippen LogP contribution in [0.1, 0.15) is 54.4 Å². The molecular weight excluding hydrogens is 490 g/mol. The number of nitrogens with zero attached hydrogens (tertiary/aromatic N) is 1. The van der Waals surface area contributed by atoms with E-state index in [1.807, 2.05) is 30.3 Å². The second-order valence-electron chi connectivity index (χ2n) is 9.29. The standard InChI is InChI=1S/C28H33N3O5S/c32-25(36-21-11-5-2-6-12-21)19-23-27(34)29-16-17-31(23)28(37)30-26(33)22-13-7-8-14-24(22)35-18-15-20-9-3-1-4-10-20/h1,3-4,7-10,13-14,21,23H,2,5-6,11-12,15-19H2,(H,29,34)(H,30,33,37). The van der Waals surface area contributed by atoms with Crippen molar-refractivity contribution in [2.45, 2.75) is 57.1 Å². The number of carbonyl (C=O) groups is 3. The second-order valence-corrected chi connectivity index (χ2v) is 9.68. The number of para-hydroxylation sites is 1. The Labute approximate surface area is 222 Å². The average molecular weight is 524 g/mol. The summed E-state index contributed by atoms with van der Waals surface area (Å²) in [6, 6.07) is 16.1. The zero-order valence-electron chi connectivity index (χ0n) is 20.8. The van der Waals surface area contributed by atoms with E-state index >= 15 is 0 Å². The highest BCUT2D eigenvalue weighted by Crippen LogP contribution is 2.22. The van der Waals surface area contributed by atoms with Crippen LogP contribution in [-0.2, 0) is 20.7 Å². The zero-order valence-corrected chi connectivity index (χ0v) is 21.6. The summed E-state index contributed by atoms with van der Waals surface area (Å²) in [6.45, 7) is 1.15. The van der Waals surface area contributed by atoms with Crippen LogP contribution in [0.25, 0.3) is 0 Å². The number of hydrogen-bond donors (Lipinski definition) is 2. The smallest absolute Gasteiger partial charge is 0.308 e. The number of thiocarbonyl (C=S) groups is 1. The molecule has 37 heavy (non-hydrogen) atoms. The van der Waals surface area contributed by atoms with Crippen molar-refractivity contribution in [1.29, 1.82) is 0 Å². The molecule has 1 unspecified atom stereocenters. The van der Waals surface area contributed by atoms with Gasteiger partial charge >= 0.3 is 5.97 Å². The van der Waals surface area contributed by atoms with Gasteiger partial charge < -0.3 is 19.7 Å². The third kappa shape index (κ3) is 7.52. The predicted molar refractivity (Wildman–Crippen MR) is 143 cm³/mol. The van der Waals surface area contributed by atoms with E-state index in [4.69, 9.17) is 21.7 Å². The summed E-state index contributed by atoms with van der Waals surface area (Å²) in [7, 11) is 0. The molecule has 4 rings (SSSR count). The molecule has 2 aromatic rings. The Balaban J connectivity index is 1.36. The van der Waals surface area contributed by atoms with Gasteiger partial charge in [-0.3, -0.25) is 19.7 Å². The summed E-state index contributed by atoms with van der Waals surface area (Å²) in [5, 5.41) is 5.59. The molecule has 1 saturated carbocycles. The normalized spacial score (nSPS) is 18.0. The van der Waals surface area contributed by atoms with E-state index in [1.54, 1.807) is 29.2 Å². The molecule has 1 heterocycles. The summed E-state index contributed by atoms with van der Waals surface area (Å²) in [5.74, 6) is -0.726. The van der Waals surface area contributed by atoms with Crippen molar-refractivity contribution in [2.24, 2.45) is 0 Å². The van der Waals surface area contributed by atoms with Crippen LogP contribution in [0.5, 0.6) is 5.75 Å². The van der Waals surface area contributed by atoms with Crippen LogP contribution in [0, 0.1) is 0 Å². The van der Waals surface area contributed by atoms with Crippen molar-refractivity contribution in [3.63, 3.8) is 0 Å². The van der Waals surface area contributed by atoms with E-state index in [-0.39, 0.29) is 23.5 Å². The van der Waals surface area contributed by atoms with Gasteiger partial charge in [0.25, 0.3) is 5.91 Å². The van der Waals surface area contributed by atoms with Crippen molar-refractivity contribution >= 4 is 35.1 Å². The second kappa shape index (κ2) is 13.2. The van der Waals surface area contributed by atoms with E-state index in [0.717, 1.165) is 37.7 Å². The largest absolute Gasteiger partial charge is 0.492 e. The molecule has 2 aromatic carbocycles. The summed E-state index contributed by atoms with van der Waals surface area (Å²) in [4.78, 5) is 40.0. The minimum absolute atomic E-state index is 0.0913. The van der Waals surface area contributed by atoms with Crippen LogP contribution in [0.15, 0.2) is 54.6 Å². The van der Waals surface area contributed by atoms with Crippen molar-refractivity contribution in [2.75, 3.05) is 19.7 Å². The zero-order chi connectivity index (χ0) is 26.0. The van der Waals surface area contributed by atoms with Crippen molar-refractivity contribution < 1.29 is 23.9 Å². The van der Waals surface area contributed by atoms with Gasteiger partial charge in [0, 0.05) is 19.5 Å². The fraction of sp³-hybridized carbons (Fsp3) is 0.429. The molecule has 1 atom stereocenters. The van der Waals surface area contributed by atoms with Gasteiger partial charge in [-0.05, 0) is 55.6 Å². The number of esters is 1. The van der Waals surface area contributed by atoms with Gasteiger partial charge in [-0.15, -0.1) is 0 Å². The van der Waals surface area contributed by atoms with Gasteiger partial charge in [-0.1, -0.05) is 48.9 Å². The minimum atomic E-state index is -0.838. The molecule has 2 fully saturated rings. The Bertz CT molecular complexity index is 1100. The van der Waals surface area contributed by atoms with Crippen molar-refractivity contribution in [3.05, 3.63) is 65.7 Å². The van der Waals surface area contributed by atoms with E-state index in [0.29, 0.717) is 37.4 Å². The maximum atomic E-state index is 13.1. The first kappa shape index (κ1) is 26.6. The number of nitrogens with one attached hydrogen (secondary N) is 2. The first-order valence-electron chi connectivity index (χ1n) is 12.9. The third-order valence-corrected chi connectivity index (χ3v) is 6.98. The minimum Gasteiger partial charge on any atom is -0.492 e. The van der Waals surface area contributed by atoms with Crippen LogP contribution in [0.2, 0.25) is 0 Å². The molecule has 1 saturated heterocycles. The monoisotopic (exact) mass is 523 g/mol. The number of carbonyl (C=O) groups excluding carboxylic acids is 3. The van der Waals surface area contributed by atoms with Gasteiger partial charge in [-0.2, -0.15) is 0 Å². The van der Waals surface area contributed by atoms with E-state index < -0.39 is 17.9 Å². The fourth-order valence-electron chi connectivity index (χ4n) is 4.68. The Morgan fingerprint density at radius 2 is 1.76 bits per heavy atom. The lowest BCUT2D eigenvalue weighted by molar-refractivity contribution is -0.153. The number of benzene rings is 2. The molecular formula is C28H33N3O5S. The number of rotatable bonds is 8. The first-order chi connectivity index (χ1) is 18.0. The fourth-order valence-corrected chi connectivity index (χ4v) is 4.99. The van der Waals surface area contributed by atoms with Crippen molar-refractivity contribution in [3.8, 4) is 5.75 Å². The Morgan fingerprint density at radius 3 is 2.54 bits per heavy atom. The molecule has 2 aliphatic rings. The average Bonchev–Trinajstić information content (AvgIpc) is 2.91. The van der Waals surface area contributed by atoms with E-state index in [1.165, 1.54) is 0 Å². The van der Waals surface area contributed by atoms with Crippen LogP contribution in [0.4, 0.5) is 0 Å².